The molecule has 0 spiro atoms. The molecule has 1 rings (SSSR count). The Kier molecular flexibility index (Phi) is 3.18. The molecule has 0 unspecified atom stereocenters. The molecule has 82 valence electrons. The van der Waals surface area contributed by atoms with Gasteiger partial charge in [0.25, 0.3) is 0 Å². The van der Waals surface area contributed by atoms with Crippen LogP contribution in [0.1, 0.15) is 38.8 Å². The monoisotopic (exact) mass is 206 g/mol. The van der Waals surface area contributed by atoms with Crippen LogP contribution in [0.15, 0.2) is 18.2 Å². The molecule has 0 amide bonds. The fourth-order valence-electron chi connectivity index (χ4n) is 1.45. The smallest absolute Gasteiger partial charge is 0.134 e. The molecular weight excluding hydrogens is 188 g/mol. The van der Waals surface area contributed by atoms with Crippen molar-refractivity contribution in [2.24, 2.45) is 0 Å². The van der Waals surface area contributed by atoms with Crippen LogP contribution in [0.3, 0.4) is 0 Å². The Morgan fingerprint density at radius 3 is 2.33 bits per heavy atom. The highest BCUT2D eigenvalue weighted by atomic mass is 16.3. The number of benzene rings is 1. The summed E-state index contributed by atoms with van der Waals surface area (Å²) in [5, 5.41) is 9.75. The van der Waals surface area contributed by atoms with Gasteiger partial charge in [-0.2, -0.15) is 0 Å². The average Bonchev–Trinajstić information content (AvgIpc) is 2.05. The molecule has 0 heterocycles. The minimum Gasteiger partial charge on any atom is -0.508 e. The molecule has 0 saturated heterocycles. The number of hydrogen-bond donors (Lipinski definition) is 1. The molecule has 0 aliphatic carbocycles. The molecule has 1 N–H and O–H groups in total. The normalized spacial score (nSPS) is 11.5. The van der Waals surface area contributed by atoms with Gasteiger partial charge in [0.1, 0.15) is 11.5 Å². The lowest BCUT2D eigenvalue weighted by Crippen LogP contribution is -2.11. The fraction of sp³-hybridized carbons (Fsp3) is 0.462. The predicted molar refractivity (Wildman–Crippen MR) is 61.2 cm³/mol. The first-order chi connectivity index (χ1) is 6.80. The highest BCUT2D eigenvalue weighted by Crippen LogP contribution is 2.28. The molecule has 0 aromatic heterocycles. The van der Waals surface area contributed by atoms with E-state index in [0.29, 0.717) is 12.0 Å². The molecule has 0 saturated carbocycles. The Bertz CT molecular complexity index is 373. The molecule has 0 aliphatic heterocycles. The van der Waals surface area contributed by atoms with E-state index in [-0.39, 0.29) is 16.9 Å². The molecule has 0 fully saturated rings. The Hall–Kier alpha value is -1.31. The Morgan fingerprint density at radius 2 is 1.93 bits per heavy atom. The molecule has 15 heavy (non-hydrogen) atoms. The van der Waals surface area contributed by atoms with Crippen molar-refractivity contribution in [3.05, 3.63) is 29.3 Å². The second-order valence-corrected chi connectivity index (χ2v) is 4.97. The molecule has 1 aromatic carbocycles. The Labute approximate surface area is 90.9 Å². The Balaban J connectivity index is 3.03. The van der Waals surface area contributed by atoms with Crippen LogP contribution in [0.4, 0.5) is 0 Å². The van der Waals surface area contributed by atoms with E-state index in [4.69, 9.17) is 0 Å². The predicted octanol–water partition coefficient (Wildman–Crippen LogP) is 2.82. The van der Waals surface area contributed by atoms with Crippen LogP contribution in [-0.4, -0.2) is 10.9 Å². The number of phenolic OH excluding ortho intramolecular Hbond substituents is 1. The first kappa shape index (κ1) is 11.8. The summed E-state index contributed by atoms with van der Waals surface area (Å²) in [4.78, 5) is 10.9. The summed E-state index contributed by atoms with van der Waals surface area (Å²) in [6.07, 6.45) is 0.302. The van der Waals surface area contributed by atoms with Crippen molar-refractivity contribution in [2.75, 3.05) is 0 Å². The first-order valence-electron chi connectivity index (χ1n) is 5.12. The van der Waals surface area contributed by atoms with E-state index in [2.05, 4.69) is 20.8 Å². The van der Waals surface area contributed by atoms with Gasteiger partial charge in [0.05, 0.1) is 0 Å². The third-order valence-electron chi connectivity index (χ3n) is 2.39. The standard InChI is InChI=1S/C13H18O2/c1-9(14)7-10-5-6-11(8-12(10)15)13(2,3)4/h5-6,8,15H,7H2,1-4H3. The highest BCUT2D eigenvalue weighted by Gasteiger charge is 2.15. The number of Topliss-reactive ketones (excluding diaryl/α,β-unsaturated/α-hetero) is 1. The van der Waals surface area contributed by atoms with Crippen molar-refractivity contribution in [2.45, 2.75) is 39.5 Å². The molecule has 0 radical (unpaired) electrons. The average molecular weight is 206 g/mol. The maximum absolute atomic E-state index is 10.9. The van der Waals surface area contributed by atoms with Gasteiger partial charge < -0.3 is 5.11 Å². The zero-order chi connectivity index (χ0) is 11.6. The van der Waals surface area contributed by atoms with E-state index in [1.165, 1.54) is 6.92 Å². The number of phenols is 1. The van der Waals surface area contributed by atoms with Crippen LogP contribution >= 0.6 is 0 Å². The van der Waals surface area contributed by atoms with E-state index in [1.54, 1.807) is 6.07 Å². The van der Waals surface area contributed by atoms with Crippen LogP contribution in [0.5, 0.6) is 5.75 Å². The van der Waals surface area contributed by atoms with Gasteiger partial charge in [0.2, 0.25) is 0 Å². The Morgan fingerprint density at radius 1 is 1.33 bits per heavy atom. The second kappa shape index (κ2) is 4.05. The second-order valence-electron chi connectivity index (χ2n) is 4.97. The summed E-state index contributed by atoms with van der Waals surface area (Å²) >= 11 is 0. The minimum absolute atomic E-state index is 0.0201. The zero-order valence-electron chi connectivity index (χ0n) is 9.79. The third kappa shape index (κ3) is 3.08. The number of carbonyl (C=O) groups is 1. The molecule has 2 nitrogen and oxygen atoms in total. The minimum atomic E-state index is 0.0201. The zero-order valence-corrected chi connectivity index (χ0v) is 9.79. The van der Waals surface area contributed by atoms with Crippen molar-refractivity contribution in [3.63, 3.8) is 0 Å². The van der Waals surface area contributed by atoms with Crippen molar-refractivity contribution < 1.29 is 9.90 Å². The van der Waals surface area contributed by atoms with Gasteiger partial charge in [-0.05, 0) is 24.0 Å². The summed E-state index contributed by atoms with van der Waals surface area (Å²) in [5.41, 5.74) is 1.80. The lowest BCUT2D eigenvalue weighted by molar-refractivity contribution is -0.116. The first-order valence-corrected chi connectivity index (χ1v) is 5.12. The van der Waals surface area contributed by atoms with Crippen LogP contribution in [0.2, 0.25) is 0 Å². The van der Waals surface area contributed by atoms with Gasteiger partial charge in [-0.1, -0.05) is 32.9 Å². The number of aromatic hydroxyl groups is 1. The fourth-order valence-corrected chi connectivity index (χ4v) is 1.45. The molecule has 0 bridgehead atoms. The molecule has 2 heteroatoms. The number of rotatable bonds is 2. The van der Waals surface area contributed by atoms with Crippen LogP contribution in [0, 0.1) is 0 Å². The van der Waals surface area contributed by atoms with Crippen molar-refractivity contribution in [1.82, 2.24) is 0 Å². The molecule has 0 atom stereocenters. The molecule has 0 aliphatic rings. The van der Waals surface area contributed by atoms with Gasteiger partial charge in [-0.15, -0.1) is 0 Å². The largest absolute Gasteiger partial charge is 0.508 e. The van der Waals surface area contributed by atoms with Crippen LogP contribution < -0.4 is 0 Å². The summed E-state index contributed by atoms with van der Waals surface area (Å²) in [6.45, 7) is 7.79. The number of ketones is 1. The van der Waals surface area contributed by atoms with Gasteiger partial charge in [0.15, 0.2) is 0 Å². The van der Waals surface area contributed by atoms with E-state index in [0.717, 1.165) is 5.56 Å². The highest BCUT2D eigenvalue weighted by molar-refractivity contribution is 5.78. The molecule has 1 aromatic rings. The van der Waals surface area contributed by atoms with E-state index >= 15 is 0 Å². The van der Waals surface area contributed by atoms with Crippen molar-refractivity contribution in [3.8, 4) is 5.75 Å². The van der Waals surface area contributed by atoms with Crippen LogP contribution in [-0.2, 0) is 16.6 Å². The van der Waals surface area contributed by atoms with Crippen LogP contribution in [0.25, 0.3) is 0 Å². The summed E-state index contributed by atoms with van der Waals surface area (Å²) in [5.74, 6) is 0.284. The quantitative estimate of drug-likeness (QED) is 0.807. The van der Waals surface area contributed by atoms with Crippen molar-refractivity contribution >= 4 is 5.78 Å². The number of hydrogen-bond acceptors (Lipinski definition) is 2. The third-order valence-corrected chi connectivity index (χ3v) is 2.39. The van der Waals surface area contributed by atoms with Gasteiger partial charge in [-0.3, -0.25) is 4.79 Å². The summed E-state index contributed by atoms with van der Waals surface area (Å²) < 4.78 is 0. The van der Waals surface area contributed by atoms with Gasteiger partial charge in [-0.25, -0.2) is 0 Å². The van der Waals surface area contributed by atoms with Gasteiger partial charge in [0, 0.05) is 12.0 Å². The lowest BCUT2D eigenvalue weighted by atomic mass is 9.86. The van der Waals surface area contributed by atoms with Crippen molar-refractivity contribution in [1.29, 1.82) is 0 Å². The molecular formula is C13H18O2. The van der Waals surface area contributed by atoms with E-state index < -0.39 is 0 Å². The van der Waals surface area contributed by atoms with Gasteiger partial charge >= 0.3 is 0 Å². The lowest BCUT2D eigenvalue weighted by Gasteiger charge is -2.19. The van der Waals surface area contributed by atoms with E-state index in [9.17, 15) is 9.90 Å². The number of carbonyl (C=O) groups excluding carboxylic acids is 1. The topological polar surface area (TPSA) is 37.3 Å². The van der Waals surface area contributed by atoms with E-state index in [1.807, 2.05) is 12.1 Å². The summed E-state index contributed by atoms with van der Waals surface area (Å²) in [6, 6.07) is 5.55. The maximum Gasteiger partial charge on any atom is 0.134 e. The SMILES string of the molecule is CC(=O)Cc1ccc(C(C)(C)C)cc1O. The summed E-state index contributed by atoms with van der Waals surface area (Å²) in [7, 11) is 0. The maximum atomic E-state index is 10.9.